The van der Waals surface area contributed by atoms with E-state index in [2.05, 4.69) is 37.4 Å². The summed E-state index contributed by atoms with van der Waals surface area (Å²) in [5, 5.41) is 3.16. The quantitative estimate of drug-likeness (QED) is 0.867. The number of methoxy groups -OCH3 is 1. The normalized spacial score (nSPS) is 10.5. The highest BCUT2D eigenvalue weighted by Gasteiger charge is 2.07. The monoisotopic (exact) mass is 285 g/mol. The van der Waals surface area contributed by atoms with Gasteiger partial charge in [0.25, 0.3) is 0 Å². The second-order valence-electron chi connectivity index (χ2n) is 5.06. The molecule has 0 amide bonds. The smallest absolute Gasteiger partial charge is 0.169 e. The van der Waals surface area contributed by atoms with E-state index in [0.29, 0.717) is 0 Å². The summed E-state index contributed by atoms with van der Waals surface area (Å²) >= 11 is 0. The van der Waals surface area contributed by atoms with Crippen LogP contribution < -0.4 is 14.8 Å². The second-order valence-corrected chi connectivity index (χ2v) is 5.06. The molecule has 2 aromatic carbocycles. The summed E-state index contributed by atoms with van der Waals surface area (Å²) in [6.45, 7) is 5.08. The number of benzene rings is 2. The molecule has 0 aliphatic heterocycles. The summed E-state index contributed by atoms with van der Waals surface area (Å²) in [5.41, 5.74) is 3.73. The average Bonchev–Trinajstić information content (AvgIpc) is 2.50. The van der Waals surface area contributed by atoms with Crippen molar-refractivity contribution in [3.8, 4) is 17.2 Å². The highest BCUT2D eigenvalue weighted by Crippen LogP contribution is 2.33. The zero-order valence-electron chi connectivity index (χ0n) is 13.2. The van der Waals surface area contributed by atoms with Crippen molar-refractivity contribution in [3.05, 3.63) is 53.1 Å². The third kappa shape index (κ3) is 3.76. The molecule has 1 N–H and O–H groups in total. The summed E-state index contributed by atoms with van der Waals surface area (Å²) in [4.78, 5) is 0. The Kier molecular flexibility index (Phi) is 5.23. The molecule has 3 nitrogen and oxygen atoms in total. The molecule has 2 aromatic rings. The second kappa shape index (κ2) is 7.14. The standard InChI is InChI=1S/C18H23NO2/c1-5-14-6-9-17(18(11-14)20-4)21-16-8-7-15(12-19-3)13(2)10-16/h6-11,19H,5,12H2,1-4H3. The lowest BCUT2D eigenvalue weighted by Crippen LogP contribution is -2.06. The number of nitrogens with one attached hydrogen (secondary N) is 1. The fraction of sp³-hybridized carbons (Fsp3) is 0.333. The van der Waals surface area contributed by atoms with Crippen molar-refractivity contribution in [2.24, 2.45) is 0 Å². The van der Waals surface area contributed by atoms with Crippen LogP contribution in [0.1, 0.15) is 23.6 Å². The van der Waals surface area contributed by atoms with E-state index < -0.39 is 0 Å². The average molecular weight is 285 g/mol. The van der Waals surface area contributed by atoms with Crippen molar-refractivity contribution >= 4 is 0 Å². The molecule has 21 heavy (non-hydrogen) atoms. The maximum atomic E-state index is 5.97. The van der Waals surface area contributed by atoms with E-state index in [9.17, 15) is 0 Å². The molecule has 0 spiro atoms. The summed E-state index contributed by atoms with van der Waals surface area (Å²) in [5.74, 6) is 2.34. The Morgan fingerprint density at radius 1 is 1.05 bits per heavy atom. The van der Waals surface area contributed by atoms with Crippen LogP contribution in [0.2, 0.25) is 0 Å². The van der Waals surface area contributed by atoms with Gasteiger partial charge in [0.2, 0.25) is 0 Å². The molecule has 0 fully saturated rings. The molecule has 0 heterocycles. The first-order valence-corrected chi connectivity index (χ1v) is 7.26. The van der Waals surface area contributed by atoms with Crippen LogP contribution in [0.25, 0.3) is 0 Å². The Morgan fingerprint density at radius 3 is 2.48 bits per heavy atom. The number of hydrogen-bond donors (Lipinski definition) is 1. The number of hydrogen-bond acceptors (Lipinski definition) is 3. The topological polar surface area (TPSA) is 30.5 Å². The largest absolute Gasteiger partial charge is 0.493 e. The van der Waals surface area contributed by atoms with E-state index >= 15 is 0 Å². The van der Waals surface area contributed by atoms with Crippen molar-refractivity contribution in [1.29, 1.82) is 0 Å². The van der Waals surface area contributed by atoms with Crippen LogP contribution in [-0.4, -0.2) is 14.2 Å². The molecule has 0 radical (unpaired) electrons. The fourth-order valence-electron chi connectivity index (χ4n) is 2.26. The predicted molar refractivity (Wildman–Crippen MR) is 86.4 cm³/mol. The van der Waals surface area contributed by atoms with Crippen molar-refractivity contribution < 1.29 is 9.47 Å². The van der Waals surface area contributed by atoms with Gasteiger partial charge in [-0.3, -0.25) is 0 Å². The van der Waals surface area contributed by atoms with Gasteiger partial charge < -0.3 is 14.8 Å². The van der Waals surface area contributed by atoms with Crippen molar-refractivity contribution in [2.75, 3.05) is 14.2 Å². The fourth-order valence-corrected chi connectivity index (χ4v) is 2.26. The van der Waals surface area contributed by atoms with Crippen LogP contribution in [-0.2, 0) is 13.0 Å². The molecule has 2 rings (SSSR count). The Labute approximate surface area is 126 Å². The molecule has 0 bridgehead atoms. The molecule has 0 saturated carbocycles. The molecule has 0 atom stereocenters. The SMILES string of the molecule is CCc1ccc(Oc2ccc(CNC)c(C)c2)c(OC)c1. The molecular weight excluding hydrogens is 262 g/mol. The molecule has 112 valence electrons. The lowest BCUT2D eigenvalue weighted by atomic mass is 10.1. The van der Waals surface area contributed by atoms with Gasteiger partial charge in [0, 0.05) is 6.54 Å². The van der Waals surface area contributed by atoms with Crippen molar-refractivity contribution in [1.82, 2.24) is 5.32 Å². The van der Waals surface area contributed by atoms with Crippen LogP contribution in [0.5, 0.6) is 17.2 Å². The minimum absolute atomic E-state index is 0.746. The van der Waals surface area contributed by atoms with Crippen molar-refractivity contribution in [3.63, 3.8) is 0 Å². The Morgan fingerprint density at radius 2 is 1.86 bits per heavy atom. The number of ether oxygens (including phenoxy) is 2. The van der Waals surface area contributed by atoms with E-state index in [4.69, 9.17) is 9.47 Å². The number of aryl methyl sites for hydroxylation is 2. The minimum Gasteiger partial charge on any atom is -0.493 e. The third-order valence-corrected chi connectivity index (χ3v) is 3.55. The summed E-state index contributed by atoms with van der Waals surface area (Å²) in [7, 11) is 3.62. The van der Waals surface area contributed by atoms with E-state index in [0.717, 1.165) is 30.2 Å². The summed E-state index contributed by atoms with van der Waals surface area (Å²) in [6, 6.07) is 12.2. The summed E-state index contributed by atoms with van der Waals surface area (Å²) < 4.78 is 11.4. The first-order chi connectivity index (χ1) is 10.2. The van der Waals surface area contributed by atoms with Crippen LogP contribution in [0, 0.1) is 6.92 Å². The van der Waals surface area contributed by atoms with Crippen LogP contribution in [0.3, 0.4) is 0 Å². The first kappa shape index (κ1) is 15.4. The van der Waals surface area contributed by atoms with E-state index in [-0.39, 0.29) is 0 Å². The van der Waals surface area contributed by atoms with E-state index in [1.807, 2.05) is 25.2 Å². The highest BCUT2D eigenvalue weighted by atomic mass is 16.5. The highest BCUT2D eigenvalue weighted by molar-refractivity contribution is 5.46. The van der Waals surface area contributed by atoms with Gasteiger partial charge in [-0.1, -0.05) is 19.1 Å². The van der Waals surface area contributed by atoms with Crippen molar-refractivity contribution in [2.45, 2.75) is 26.8 Å². The zero-order valence-corrected chi connectivity index (χ0v) is 13.2. The molecule has 0 aromatic heterocycles. The third-order valence-electron chi connectivity index (χ3n) is 3.55. The van der Waals surface area contributed by atoms with Gasteiger partial charge in [-0.2, -0.15) is 0 Å². The zero-order chi connectivity index (χ0) is 15.2. The Hall–Kier alpha value is -2.00. The van der Waals surface area contributed by atoms with Crippen LogP contribution in [0.15, 0.2) is 36.4 Å². The van der Waals surface area contributed by atoms with Gasteiger partial charge in [-0.05, 0) is 61.3 Å². The van der Waals surface area contributed by atoms with Crippen LogP contribution in [0.4, 0.5) is 0 Å². The molecular formula is C18H23NO2. The Balaban J connectivity index is 2.23. The maximum absolute atomic E-state index is 5.97. The van der Waals surface area contributed by atoms with E-state index in [1.54, 1.807) is 7.11 Å². The van der Waals surface area contributed by atoms with Gasteiger partial charge in [0.1, 0.15) is 5.75 Å². The lowest BCUT2D eigenvalue weighted by Gasteiger charge is -2.13. The first-order valence-electron chi connectivity index (χ1n) is 7.26. The van der Waals surface area contributed by atoms with Gasteiger partial charge in [0.05, 0.1) is 7.11 Å². The number of rotatable bonds is 6. The predicted octanol–water partition coefficient (Wildman–Crippen LogP) is 4.08. The van der Waals surface area contributed by atoms with E-state index in [1.165, 1.54) is 16.7 Å². The summed E-state index contributed by atoms with van der Waals surface area (Å²) in [6.07, 6.45) is 0.981. The van der Waals surface area contributed by atoms with Crippen LogP contribution >= 0.6 is 0 Å². The molecule has 0 aliphatic carbocycles. The maximum Gasteiger partial charge on any atom is 0.169 e. The molecule has 3 heteroatoms. The molecule has 0 saturated heterocycles. The van der Waals surface area contributed by atoms with Gasteiger partial charge in [0.15, 0.2) is 11.5 Å². The minimum atomic E-state index is 0.746. The Bertz CT molecular complexity index is 608. The van der Waals surface area contributed by atoms with Gasteiger partial charge in [-0.15, -0.1) is 0 Å². The van der Waals surface area contributed by atoms with Gasteiger partial charge in [-0.25, -0.2) is 0 Å². The van der Waals surface area contributed by atoms with Gasteiger partial charge >= 0.3 is 0 Å². The molecule has 0 aliphatic rings. The molecule has 0 unspecified atom stereocenters. The lowest BCUT2D eigenvalue weighted by molar-refractivity contribution is 0.378.